The Morgan fingerprint density at radius 3 is 2.73 bits per heavy atom. The van der Waals surface area contributed by atoms with Gasteiger partial charge >= 0.3 is 0 Å². The Labute approximate surface area is 89.7 Å². The monoisotopic (exact) mass is 208 g/mol. The van der Waals surface area contributed by atoms with E-state index in [-0.39, 0.29) is 11.9 Å². The lowest BCUT2D eigenvalue weighted by molar-refractivity contribution is 0.331. The molecule has 0 spiro atoms. The molecule has 1 unspecified atom stereocenters. The highest BCUT2D eigenvalue weighted by Gasteiger charge is 2.18. The summed E-state index contributed by atoms with van der Waals surface area (Å²) < 4.78 is 13.4. The van der Waals surface area contributed by atoms with Gasteiger partial charge in [-0.1, -0.05) is 24.6 Å². The second-order valence-corrected chi connectivity index (χ2v) is 4.16. The zero-order chi connectivity index (χ0) is 10.7. The highest BCUT2D eigenvalue weighted by molar-refractivity contribution is 5.21. The van der Waals surface area contributed by atoms with Crippen LogP contribution in [0.15, 0.2) is 24.3 Å². The third-order valence-electron chi connectivity index (χ3n) is 3.04. The summed E-state index contributed by atoms with van der Waals surface area (Å²) in [6.07, 6.45) is 3.75. The van der Waals surface area contributed by atoms with Gasteiger partial charge in [0.25, 0.3) is 0 Å². The topological polar surface area (TPSA) is 38.0 Å². The van der Waals surface area contributed by atoms with Gasteiger partial charge in [0.2, 0.25) is 0 Å². The number of halogens is 1. The Hall–Kier alpha value is -0.930. The largest absolute Gasteiger partial charge is 0.323 e. The first kappa shape index (κ1) is 10.6. The second kappa shape index (κ2) is 4.73. The van der Waals surface area contributed by atoms with Crippen molar-refractivity contribution < 1.29 is 4.39 Å². The molecule has 15 heavy (non-hydrogen) atoms. The number of hydrogen-bond acceptors (Lipinski definition) is 2. The smallest absolute Gasteiger partial charge is 0.128 e. The molecule has 1 aromatic carbocycles. The van der Waals surface area contributed by atoms with Gasteiger partial charge in [0, 0.05) is 24.2 Å². The highest BCUT2D eigenvalue weighted by atomic mass is 19.1. The number of benzene rings is 1. The standard InChI is InChI=1S/C12H17FN2/c13-11-7-2-1-6-10(11)12(14)8-15-9-4-3-5-9/h1-2,6-7,9,12,15H,3-5,8,14H2. The fourth-order valence-electron chi connectivity index (χ4n) is 1.79. The Morgan fingerprint density at radius 2 is 2.13 bits per heavy atom. The van der Waals surface area contributed by atoms with Gasteiger partial charge in [0.1, 0.15) is 5.82 Å². The SMILES string of the molecule is NC(CNC1CCC1)c1ccccc1F. The van der Waals surface area contributed by atoms with Crippen LogP contribution in [-0.2, 0) is 0 Å². The summed E-state index contributed by atoms with van der Waals surface area (Å²) in [7, 11) is 0. The van der Waals surface area contributed by atoms with Gasteiger partial charge in [-0.05, 0) is 18.9 Å². The van der Waals surface area contributed by atoms with Crippen LogP contribution in [0.4, 0.5) is 4.39 Å². The van der Waals surface area contributed by atoms with Crippen molar-refractivity contribution in [3.63, 3.8) is 0 Å². The van der Waals surface area contributed by atoms with E-state index in [0.29, 0.717) is 18.2 Å². The van der Waals surface area contributed by atoms with E-state index in [9.17, 15) is 4.39 Å². The van der Waals surface area contributed by atoms with Crippen molar-refractivity contribution >= 4 is 0 Å². The average Bonchev–Trinajstić information content (AvgIpc) is 2.16. The average molecular weight is 208 g/mol. The number of nitrogens with one attached hydrogen (secondary N) is 1. The van der Waals surface area contributed by atoms with Gasteiger partial charge in [0.15, 0.2) is 0 Å². The fourth-order valence-corrected chi connectivity index (χ4v) is 1.79. The molecule has 3 heteroatoms. The molecule has 1 aliphatic carbocycles. The first-order valence-electron chi connectivity index (χ1n) is 5.51. The number of nitrogens with two attached hydrogens (primary N) is 1. The van der Waals surface area contributed by atoms with Crippen molar-refractivity contribution in [2.75, 3.05) is 6.54 Å². The van der Waals surface area contributed by atoms with Crippen LogP contribution in [0.25, 0.3) is 0 Å². The molecule has 0 bridgehead atoms. The summed E-state index contributed by atoms with van der Waals surface area (Å²) >= 11 is 0. The van der Waals surface area contributed by atoms with Crippen LogP contribution in [0, 0.1) is 5.82 Å². The molecule has 82 valence electrons. The molecule has 1 aliphatic rings. The Kier molecular flexibility index (Phi) is 3.34. The van der Waals surface area contributed by atoms with Gasteiger partial charge in [-0.3, -0.25) is 0 Å². The van der Waals surface area contributed by atoms with Crippen molar-refractivity contribution in [3.8, 4) is 0 Å². The fraction of sp³-hybridized carbons (Fsp3) is 0.500. The van der Waals surface area contributed by atoms with Crippen LogP contribution in [0.2, 0.25) is 0 Å². The van der Waals surface area contributed by atoms with Crippen LogP contribution < -0.4 is 11.1 Å². The quantitative estimate of drug-likeness (QED) is 0.794. The molecule has 1 aromatic rings. The van der Waals surface area contributed by atoms with Gasteiger partial charge in [-0.15, -0.1) is 0 Å². The van der Waals surface area contributed by atoms with Gasteiger partial charge in [-0.2, -0.15) is 0 Å². The van der Waals surface area contributed by atoms with Crippen molar-refractivity contribution in [2.45, 2.75) is 31.3 Å². The predicted octanol–water partition coefficient (Wildman–Crippen LogP) is 1.97. The van der Waals surface area contributed by atoms with E-state index in [4.69, 9.17) is 5.73 Å². The third kappa shape index (κ3) is 2.55. The molecule has 0 radical (unpaired) electrons. The van der Waals surface area contributed by atoms with E-state index in [1.165, 1.54) is 25.3 Å². The first-order chi connectivity index (χ1) is 7.27. The van der Waals surface area contributed by atoms with E-state index in [1.807, 2.05) is 6.07 Å². The van der Waals surface area contributed by atoms with Crippen molar-refractivity contribution in [1.82, 2.24) is 5.32 Å². The third-order valence-corrected chi connectivity index (χ3v) is 3.04. The molecule has 3 N–H and O–H groups in total. The van der Waals surface area contributed by atoms with Gasteiger partial charge in [0.05, 0.1) is 0 Å². The van der Waals surface area contributed by atoms with Crippen molar-refractivity contribution in [2.24, 2.45) is 5.73 Å². The molecular formula is C12H17FN2. The molecule has 2 rings (SSSR count). The molecule has 1 saturated carbocycles. The molecule has 1 fully saturated rings. The second-order valence-electron chi connectivity index (χ2n) is 4.16. The predicted molar refractivity (Wildman–Crippen MR) is 59.0 cm³/mol. The normalized spacial score (nSPS) is 18.5. The molecule has 0 saturated heterocycles. The van der Waals surface area contributed by atoms with Crippen LogP contribution in [-0.4, -0.2) is 12.6 Å². The minimum atomic E-state index is -0.244. The lowest BCUT2D eigenvalue weighted by Crippen LogP contribution is -2.39. The van der Waals surface area contributed by atoms with Crippen LogP contribution in [0.3, 0.4) is 0 Å². The van der Waals surface area contributed by atoms with Crippen LogP contribution in [0.5, 0.6) is 0 Å². The number of rotatable bonds is 4. The molecule has 1 atom stereocenters. The summed E-state index contributed by atoms with van der Waals surface area (Å²) in [6.45, 7) is 0.658. The Bertz CT molecular complexity index is 323. The Balaban J connectivity index is 1.89. The van der Waals surface area contributed by atoms with E-state index >= 15 is 0 Å². The molecule has 0 heterocycles. The van der Waals surface area contributed by atoms with E-state index in [0.717, 1.165) is 0 Å². The maximum Gasteiger partial charge on any atom is 0.128 e. The molecule has 0 aromatic heterocycles. The molecule has 2 nitrogen and oxygen atoms in total. The summed E-state index contributed by atoms with van der Waals surface area (Å²) in [5, 5.41) is 3.35. The van der Waals surface area contributed by atoms with E-state index < -0.39 is 0 Å². The van der Waals surface area contributed by atoms with Gasteiger partial charge < -0.3 is 11.1 Å². The van der Waals surface area contributed by atoms with E-state index in [2.05, 4.69) is 5.32 Å². The van der Waals surface area contributed by atoms with E-state index in [1.54, 1.807) is 12.1 Å². The van der Waals surface area contributed by atoms with Crippen molar-refractivity contribution in [1.29, 1.82) is 0 Å². The van der Waals surface area contributed by atoms with Crippen LogP contribution >= 0.6 is 0 Å². The highest BCUT2D eigenvalue weighted by Crippen LogP contribution is 2.19. The van der Waals surface area contributed by atoms with Crippen molar-refractivity contribution in [3.05, 3.63) is 35.6 Å². The minimum absolute atomic E-state index is 0.208. The lowest BCUT2D eigenvalue weighted by Gasteiger charge is -2.28. The maximum absolute atomic E-state index is 13.4. The minimum Gasteiger partial charge on any atom is -0.323 e. The maximum atomic E-state index is 13.4. The summed E-state index contributed by atoms with van der Waals surface area (Å²) in [4.78, 5) is 0. The molecule has 0 aliphatic heterocycles. The van der Waals surface area contributed by atoms with Gasteiger partial charge in [-0.25, -0.2) is 4.39 Å². The summed E-state index contributed by atoms with van der Waals surface area (Å²) in [6, 6.07) is 7.07. The Morgan fingerprint density at radius 1 is 1.40 bits per heavy atom. The molecule has 0 amide bonds. The van der Waals surface area contributed by atoms with Crippen LogP contribution in [0.1, 0.15) is 30.9 Å². The summed E-state index contributed by atoms with van der Waals surface area (Å²) in [5.41, 5.74) is 6.52. The zero-order valence-electron chi connectivity index (χ0n) is 8.75. The molecular weight excluding hydrogens is 191 g/mol. The zero-order valence-corrected chi connectivity index (χ0v) is 8.75. The lowest BCUT2D eigenvalue weighted by atomic mass is 9.93. The summed E-state index contributed by atoms with van der Waals surface area (Å²) in [5.74, 6) is -0.208. The first-order valence-corrected chi connectivity index (χ1v) is 5.51. The number of hydrogen-bond donors (Lipinski definition) is 2.